The van der Waals surface area contributed by atoms with Gasteiger partial charge in [-0.3, -0.25) is 4.79 Å². The summed E-state index contributed by atoms with van der Waals surface area (Å²) in [4.78, 5) is 14.8. The number of carbonyl (C=O) groups is 1. The highest BCUT2D eigenvalue weighted by Crippen LogP contribution is 2.27. The molecule has 0 spiro atoms. The standard InChI is InChI=1S/C21H25ClN2O3S/c1-23(2)28(26,27)18-8-9-20(22)19(15-18)21(25)24-12-10-17(11-13-24)14-16-6-4-3-5-7-16/h3-9,15,17H,10-14H2,1-2H3. The van der Waals surface area contributed by atoms with Gasteiger partial charge >= 0.3 is 0 Å². The summed E-state index contributed by atoms with van der Waals surface area (Å²) in [7, 11) is -0.697. The average Bonchev–Trinajstić information content (AvgIpc) is 2.69. The van der Waals surface area contributed by atoms with Gasteiger partial charge in [0.05, 0.1) is 15.5 Å². The minimum absolute atomic E-state index is 0.0733. The zero-order valence-corrected chi connectivity index (χ0v) is 17.7. The minimum atomic E-state index is -3.62. The van der Waals surface area contributed by atoms with E-state index in [1.165, 1.54) is 37.9 Å². The van der Waals surface area contributed by atoms with Gasteiger partial charge in [0.25, 0.3) is 5.91 Å². The highest BCUT2D eigenvalue weighted by Gasteiger charge is 2.27. The molecule has 0 bridgehead atoms. The first-order chi connectivity index (χ1) is 13.3. The first-order valence-corrected chi connectivity index (χ1v) is 11.2. The first kappa shape index (κ1) is 20.8. The van der Waals surface area contributed by atoms with Gasteiger partial charge in [0.1, 0.15) is 0 Å². The summed E-state index contributed by atoms with van der Waals surface area (Å²) in [5.41, 5.74) is 1.56. The van der Waals surface area contributed by atoms with Crippen LogP contribution in [-0.4, -0.2) is 50.7 Å². The maximum atomic E-state index is 13.0. The molecule has 2 aromatic rings. The Kier molecular flexibility index (Phi) is 6.43. The molecule has 150 valence electrons. The second kappa shape index (κ2) is 8.64. The van der Waals surface area contributed by atoms with Crippen LogP contribution in [0, 0.1) is 5.92 Å². The van der Waals surface area contributed by atoms with Crippen LogP contribution in [0.4, 0.5) is 0 Å². The van der Waals surface area contributed by atoms with E-state index in [0.29, 0.717) is 19.0 Å². The number of benzene rings is 2. The fraction of sp³-hybridized carbons (Fsp3) is 0.381. The Morgan fingerprint density at radius 3 is 2.36 bits per heavy atom. The Hall–Kier alpha value is -1.89. The molecule has 0 saturated carbocycles. The Morgan fingerprint density at radius 1 is 1.11 bits per heavy atom. The van der Waals surface area contributed by atoms with Crippen LogP contribution >= 0.6 is 11.6 Å². The second-order valence-electron chi connectivity index (χ2n) is 7.35. The molecule has 2 aromatic carbocycles. The van der Waals surface area contributed by atoms with E-state index in [2.05, 4.69) is 12.1 Å². The van der Waals surface area contributed by atoms with Crippen molar-refractivity contribution in [2.45, 2.75) is 24.2 Å². The topological polar surface area (TPSA) is 57.7 Å². The van der Waals surface area contributed by atoms with Crippen LogP contribution in [0.1, 0.15) is 28.8 Å². The zero-order valence-electron chi connectivity index (χ0n) is 16.1. The van der Waals surface area contributed by atoms with Crippen LogP contribution in [0.3, 0.4) is 0 Å². The highest BCUT2D eigenvalue weighted by atomic mass is 35.5. The molecule has 1 heterocycles. The molecule has 1 amide bonds. The van der Waals surface area contributed by atoms with Crippen molar-refractivity contribution in [3.8, 4) is 0 Å². The third-order valence-electron chi connectivity index (χ3n) is 5.22. The Bertz CT molecular complexity index is 937. The summed E-state index contributed by atoms with van der Waals surface area (Å²) in [5.74, 6) is 0.335. The van der Waals surface area contributed by atoms with E-state index in [1.807, 2.05) is 18.2 Å². The number of hydrogen-bond acceptors (Lipinski definition) is 3. The number of nitrogens with zero attached hydrogens (tertiary/aromatic N) is 2. The van der Waals surface area contributed by atoms with Gasteiger partial charge in [-0.05, 0) is 48.9 Å². The number of likely N-dealkylation sites (tertiary alicyclic amines) is 1. The predicted octanol–water partition coefficient (Wildman–Crippen LogP) is 3.69. The van der Waals surface area contributed by atoms with Crippen molar-refractivity contribution in [1.29, 1.82) is 0 Å². The second-order valence-corrected chi connectivity index (χ2v) is 9.91. The summed E-state index contributed by atoms with van der Waals surface area (Å²) in [5, 5.41) is 0.272. The van der Waals surface area contributed by atoms with Gasteiger partial charge in [-0.15, -0.1) is 0 Å². The van der Waals surface area contributed by atoms with Gasteiger partial charge in [0.2, 0.25) is 10.0 Å². The number of carbonyl (C=O) groups excluding carboxylic acids is 1. The monoisotopic (exact) mass is 420 g/mol. The van der Waals surface area contributed by atoms with Crippen molar-refractivity contribution in [2.75, 3.05) is 27.2 Å². The lowest BCUT2D eigenvalue weighted by Gasteiger charge is -2.32. The molecule has 0 N–H and O–H groups in total. The lowest BCUT2D eigenvalue weighted by molar-refractivity contribution is 0.0690. The Balaban J connectivity index is 1.70. The van der Waals surface area contributed by atoms with Crippen molar-refractivity contribution in [3.63, 3.8) is 0 Å². The number of sulfonamides is 1. The van der Waals surface area contributed by atoms with E-state index in [1.54, 1.807) is 4.90 Å². The predicted molar refractivity (Wildman–Crippen MR) is 111 cm³/mol. The van der Waals surface area contributed by atoms with E-state index >= 15 is 0 Å². The minimum Gasteiger partial charge on any atom is -0.339 e. The summed E-state index contributed by atoms with van der Waals surface area (Å²) in [6.07, 6.45) is 2.86. The molecule has 0 atom stereocenters. The number of piperidine rings is 1. The largest absolute Gasteiger partial charge is 0.339 e. The normalized spacial score (nSPS) is 15.8. The average molecular weight is 421 g/mol. The van der Waals surface area contributed by atoms with Crippen LogP contribution < -0.4 is 0 Å². The summed E-state index contributed by atoms with van der Waals surface area (Å²) >= 11 is 6.22. The quantitative estimate of drug-likeness (QED) is 0.741. The molecule has 0 aromatic heterocycles. The Labute approximate surface area is 172 Å². The van der Waals surface area contributed by atoms with Crippen molar-refractivity contribution < 1.29 is 13.2 Å². The molecule has 0 unspecified atom stereocenters. The molecular weight excluding hydrogens is 396 g/mol. The molecule has 0 aliphatic carbocycles. The van der Waals surface area contributed by atoms with Crippen LogP contribution in [0.15, 0.2) is 53.4 Å². The molecule has 1 saturated heterocycles. The fourth-order valence-electron chi connectivity index (χ4n) is 3.50. The fourth-order valence-corrected chi connectivity index (χ4v) is 4.62. The molecule has 1 aliphatic rings. The van der Waals surface area contributed by atoms with Crippen LogP contribution in [0.25, 0.3) is 0 Å². The van der Waals surface area contributed by atoms with Gasteiger partial charge in [-0.25, -0.2) is 12.7 Å². The Morgan fingerprint density at radius 2 is 1.75 bits per heavy atom. The van der Waals surface area contributed by atoms with E-state index in [4.69, 9.17) is 11.6 Å². The molecule has 7 heteroatoms. The molecule has 3 rings (SSSR count). The van der Waals surface area contributed by atoms with Gasteiger partial charge in [0.15, 0.2) is 0 Å². The molecule has 1 aliphatic heterocycles. The van der Waals surface area contributed by atoms with Crippen molar-refractivity contribution >= 4 is 27.5 Å². The lowest BCUT2D eigenvalue weighted by Crippen LogP contribution is -2.39. The molecule has 5 nitrogen and oxygen atoms in total. The molecular formula is C21H25ClN2O3S. The SMILES string of the molecule is CN(C)S(=O)(=O)c1ccc(Cl)c(C(=O)N2CCC(Cc3ccccc3)CC2)c1. The van der Waals surface area contributed by atoms with E-state index in [-0.39, 0.29) is 21.4 Å². The number of halogens is 1. The maximum Gasteiger partial charge on any atom is 0.255 e. The van der Waals surface area contributed by atoms with Gasteiger partial charge in [0, 0.05) is 27.2 Å². The molecule has 0 radical (unpaired) electrons. The summed E-state index contributed by atoms with van der Waals surface area (Å²) in [6.45, 7) is 1.30. The third kappa shape index (κ3) is 4.57. The number of amides is 1. The van der Waals surface area contributed by atoms with Crippen molar-refractivity contribution in [3.05, 3.63) is 64.7 Å². The summed E-state index contributed by atoms with van der Waals surface area (Å²) in [6, 6.07) is 14.7. The zero-order chi connectivity index (χ0) is 20.3. The number of rotatable bonds is 5. The third-order valence-corrected chi connectivity index (χ3v) is 7.36. The van der Waals surface area contributed by atoms with E-state index < -0.39 is 10.0 Å². The number of hydrogen-bond donors (Lipinski definition) is 0. The summed E-state index contributed by atoms with van der Waals surface area (Å²) < 4.78 is 25.9. The van der Waals surface area contributed by atoms with Crippen molar-refractivity contribution in [1.82, 2.24) is 9.21 Å². The smallest absolute Gasteiger partial charge is 0.255 e. The van der Waals surface area contributed by atoms with Crippen molar-refractivity contribution in [2.24, 2.45) is 5.92 Å². The molecule has 28 heavy (non-hydrogen) atoms. The van der Waals surface area contributed by atoms with E-state index in [0.717, 1.165) is 23.6 Å². The maximum absolute atomic E-state index is 13.0. The van der Waals surface area contributed by atoms with E-state index in [9.17, 15) is 13.2 Å². The van der Waals surface area contributed by atoms with Crippen LogP contribution in [0.5, 0.6) is 0 Å². The molecule has 1 fully saturated rings. The van der Waals surface area contributed by atoms with Crippen LogP contribution in [0.2, 0.25) is 5.02 Å². The van der Waals surface area contributed by atoms with Crippen LogP contribution in [-0.2, 0) is 16.4 Å². The first-order valence-electron chi connectivity index (χ1n) is 9.34. The highest BCUT2D eigenvalue weighted by molar-refractivity contribution is 7.89. The van der Waals surface area contributed by atoms with Gasteiger partial charge in [-0.2, -0.15) is 0 Å². The van der Waals surface area contributed by atoms with Gasteiger partial charge < -0.3 is 4.90 Å². The lowest BCUT2D eigenvalue weighted by atomic mass is 9.90. The van der Waals surface area contributed by atoms with Gasteiger partial charge in [-0.1, -0.05) is 41.9 Å².